The van der Waals surface area contributed by atoms with E-state index in [1.807, 2.05) is 6.92 Å². The molecule has 0 unspecified atom stereocenters. The lowest BCUT2D eigenvalue weighted by Crippen LogP contribution is -2.43. The van der Waals surface area contributed by atoms with Gasteiger partial charge in [0.2, 0.25) is 0 Å². The number of ether oxygens (including phenoxy) is 3. The van der Waals surface area contributed by atoms with Gasteiger partial charge >= 0.3 is 5.97 Å². The number of carboxylic acid groups (broad SMARTS) is 1. The van der Waals surface area contributed by atoms with Gasteiger partial charge in [0.1, 0.15) is 19.4 Å². The van der Waals surface area contributed by atoms with Gasteiger partial charge in [-0.15, -0.1) is 6.42 Å². The maximum atomic E-state index is 12.3. The van der Waals surface area contributed by atoms with E-state index in [-0.39, 0.29) is 39.0 Å². The predicted molar refractivity (Wildman–Crippen MR) is 101 cm³/mol. The zero-order chi connectivity index (χ0) is 20.1. The molecule has 1 aromatic rings. The Balaban J connectivity index is 2.69. The van der Waals surface area contributed by atoms with E-state index in [1.165, 1.54) is 12.1 Å². The van der Waals surface area contributed by atoms with Crippen LogP contribution in [0.4, 0.5) is 0 Å². The number of carboxylic acids is 1. The molecule has 0 bridgehead atoms. The molecule has 0 saturated heterocycles. The van der Waals surface area contributed by atoms with Crippen LogP contribution in [0.5, 0.6) is 0 Å². The minimum Gasteiger partial charge on any atom is -0.480 e. The van der Waals surface area contributed by atoms with Crippen LogP contribution in [0.1, 0.15) is 23.7 Å². The highest BCUT2D eigenvalue weighted by molar-refractivity contribution is 6.30. The Morgan fingerprint density at radius 2 is 1.89 bits per heavy atom. The molecule has 148 valence electrons. The molecule has 7 nitrogen and oxygen atoms in total. The standard InChI is InChI=1S/C19H24ClNO6/c1-3-9-26-11-14(12-27-13-25-4-2)10-17(19(23)24)21-18(22)15-5-7-16(20)8-6-15/h1,5-8,14,17H,4,9-13H2,2H3,(H,21,22)(H,23,24)/t14-,17+/m0/s1. The summed E-state index contributed by atoms with van der Waals surface area (Å²) in [6, 6.07) is 5.06. The van der Waals surface area contributed by atoms with E-state index in [0.29, 0.717) is 17.2 Å². The zero-order valence-corrected chi connectivity index (χ0v) is 15.9. The number of terminal acetylenes is 1. The van der Waals surface area contributed by atoms with Crippen LogP contribution in [0.25, 0.3) is 0 Å². The SMILES string of the molecule is C#CCOC[C@@H](COCOCC)C[C@@H](NC(=O)c1ccc(Cl)cc1)C(=O)O. The Bertz CT molecular complexity index is 628. The number of hydrogen-bond acceptors (Lipinski definition) is 5. The summed E-state index contributed by atoms with van der Waals surface area (Å²) in [6.07, 6.45) is 5.27. The van der Waals surface area contributed by atoms with Crippen molar-refractivity contribution >= 4 is 23.5 Å². The summed E-state index contributed by atoms with van der Waals surface area (Å²) in [5.41, 5.74) is 0.318. The van der Waals surface area contributed by atoms with Crippen LogP contribution in [0.3, 0.4) is 0 Å². The fourth-order valence-corrected chi connectivity index (χ4v) is 2.35. The zero-order valence-electron chi connectivity index (χ0n) is 15.2. The molecule has 1 amide bonds. The molecule has 0 aliphatic carbocycles. The van der Waals surface area contributed by atoms with E-state index in [1.54, 1.807) is 12.1 Å². The Kier molecular flexibility index (Phi) is 11.1. The molecule has 0 spiro atoms. The monoisotopic (exact) mass is 397 g/mol. The number of carbonyl (C=O) groups is 2. The van der Waals surface area contributed by atoms with Gasteiger partial charge in [-0.3, -0.25) is 4.79 Å². The van der Waals surface area contributed by atoms with Gasteiger partial charge in [-0.05, 0) is 37.6 Å². The van der Waals surface area contributed by atoms with E-state index in [2.05, 4.69) is 11.2 Å². The van der Waals surface area contributed by atoms with E-state index in [9.17, 15) is 14.7 Å². The third kappa shape index (κ3) is 9.40. The first-order valence-corrected chi connectivity index (χ1v) is 8.81. The van der Waals surface area contributed by atoms with Crippen molar-refractivity contribution in [3.63, 3.8) is 0 Å². The van der Waals surface area contributed by atoms with Crippen LogP contribution in [0, 0.1) is 18.3 Å². The minimum atomic E-state index is -1.15. The normalized spacial score (nSPS) is 12.8. The van der Waals surface area contributed by atoms with Gasteiger partial charge in [0.25, 0.3) is 5.91 Å². The second-order valence-electron chi connectivity index (χ2n) is 5.67. The molecule has 0 saturated carbocycles. The number of benzene rings is 1. The maximum absolute atomic E-state index is 12.3. The van der Waals surface area contributed by atoms with Gasteiger partial charge < -0.3 is 24.6 Å². The topological polar surface area (TPSA) is 94.1 Å². The largest absolute Gasteiger partial charge is 0.480 e. The maximum Gasteiger partial charge on any atom is 0.326 e. The van der Waals surface area contributed by atoms with E-state index in [4.69, 9.17) is 32.2 Å². The van der Waals surface area contributed by atoms with Crippen molar-refractivity contribution in [2.75, 3.05) is 33.2 Å². The second-order valence-corrected chi connectivity index (χ2v) is 6.11. The van der Waals surface area contributed by atoms with Gasteiger partial charge in [0.15, 0.2) is 0 Å². The number of carbonyl (C=O) groups excluding carboxylic acids is 1. The molecular formula is C19H24ClNO6. The first kappa shape index (κ1) is 22.9. The lowest BCUT2D eigenvalue weighted by Gasteiger charge is -2.22. The highest BCUT2D eigenvalue weighted by atomic mass is 35.5. The van der Waals surface area contributed by atoms with Crippen LogP contribution < -0.4 is 5.32 Å². The average molecular weight is 398 g/mol. The first-order valence-electron chi connectivity index (χ1n) is 8.43. The predicted octanol–water partition coefficient (Wildman–Crippen LogP) is 2.19. The molecule has 1 aromatic carbocycles. The molecule has 0 heterocycles. The van der Waals surface area contributed by atoms with Crippen LogP contribution >= 0.6 is 11.6 Å². The number of hydrogen-bond donors (Lipinski definition) is 2. The van der Waals surface area contributed by atoms with Gasteiger partial charge in [-0.1, -0.05) is 17.5 Å². The lowest BCUT2D eigenvalue weighted by molar-refractivity contribution is -0.140. The molecule has 8 heteroatoms. The Morgan fingerprint density at radius 1 is 1.22 bits per heavy atom. The van der Waals surface area contributed by atoms with E-state index in [0.717, 1.165) is 0 Å². The van der Waals surface area contributed by atoms with E-state index >= 15 is 0 Å². The molecule has 0 radical (unpaired) electrons. The second kappa shape index (κ2) is 13.1. The van der Waals surface area contributed by atoms with Crippen LogP contribution in [-0.2, 0) is 19.0 Å². The molecule has 2 atom stereocenters. The highest BCUT2D eigenvalue weighted by Crippen LogP contribution is 2.12. The number of rotatable bonds is 13. The molecule has 0 fully saturated rings. The van der Waals surface area contributed by atoms with Gasteiger partial charge in [-0.25, -0.2) is 4.79 Å². The summed E-state index contributed by atoms with van der Waals surface area (Å²) in [4.78, 5) is 23.9. The molecule has 1 rings (SSSR count). The minimum absolute atomic E-state index is 0.0943. The third-order valence-corrected chi connectivity index (χ3v) is 3.79. The molecule has 0 aliphatic heterocycles. The fourth-order valence-electron chi connectivity index (χ4n) is 2.22. The van der Waals surface area contributed by atoms with Crippen LogP contribution in [0.15, 0.2) is 24.3 Å². The summed E-state index contributed by atoms with van der Waals surface area (Å²) in [6.45, 7) is 2.96. The van der Waals surface area contributed by atoms with Crippen molar-refractivity contribution in [3.8, 4) is 12.3 Å². The quantitative estimate of drug-likeness (QED) is 0.301. The smallest absolute Gasteiger partial charge is 0.326 e. The van der Waals surface area contributed by atoms with Crippen molar-refractivity contribution in [1.29, 1.82) is 0 Å². The van der Waals surface area contributed by atoms with Gasteiger partial charge in [-0.2, -0.15) is 0 Å². The molecule has 0 aromatic heterocycles. The molecular weight excluding hydrogens is 374 g/mol. The summed E-state index contributed by atoms with van der Waals surface area (Å²) in [5.74, 6) is 0.411. The molecule has 2 N–H and O–H groups in total. The summed E-state index contributed by atoms with van der Waals surface area (Å²) >= 11 is 5.79. The number of amides is 1. The van der Waals surface area contributed by atoms with Crippen molar-refractivity contribution in [3.05, 3.63) is 34.9 Å². The van der Waals surface area contributed by atoms with Crippen molar-refractivity contribution in [2.24, 2.45) is 5.92 Å². The Morgan fingerprint density at radius 3 is 2.48 bits per heavy atom. The third-order valence-electron chi connectivity index (χ3n) is 3.54. The first-order chi connectivity index (χ1) is 13.0. The highest BCUT2D eigenvalue weighted by Gasteiger charge is 2.25. The Labute approximate surface area is 163 Å². The molecule has 27 heavy (non-hydrogen) atoms. The van der Waals surface area contributed by atoms with Crippen molar-refractivity contribution < 1.29 is 28.9 Å². The summed E-state index contributed by atoms with van der Waals surface area (Å²) < 4.78 is 15.8. The molecule has 0 aliphatic rings. The lowest BCUT2D eigenvalue weighted by atomic mass is 10.0. The summed E-state index contributed by atoms with van der Waals surface area (Å²) in [5, 5.41) is 12.5. The van der Waals surface area contributed by atoms with Gasteiger partial charge in [0, 0.05) is 23.1 Å². The number of aliphatic carboxylic acids is 1. The average Bonchev–Trinajstić information content (AvgIpc) is 2.64. The van der Waals surface area contributed by atoms with Crippen molar-refractivity contribution in [1.82, 2.24) is 5.32 Å². The number of halogens is 1. The van der Waals surface area contributed by atoms with Gasteiger partial charge in [0.05, 0.1) is 13.2 Å². The van der Waals surface area contributed by atoms with Crippen LogP contribution in [0.2, 0.25) is 5.02 Å². The fraction of sp³-hybridized carbons (Fsp3) is 0.474. The number of nitrogens with one attached hydrogen (secondary N) is 1. The van der Waals surface area contributed by atoms with Crippen molar-refractivity contribution in [2.45, 2.75) is 19.4 Å². The van der Waals surface area contributed by atoms with Crippen LogP contribution in [-0.4, -0.2) is 56.2 Å². The van der Waals surface area contributed by atoms with E-state index < -0.39 is 17.9 Å². The summed E-state index contributed by atoms with van der Waals surface area (Å²) in [7, 11) is 0. The Hall–Kier alpha value is -2.11.